The molecule has 0 aliphatic carbocycles. The van der Waals surface area contributed by atoms with E-state index in [-0.39, 0.29) is 11.9 Å². The van der Waals surface area contributed by atoms with Gasteiger partial charge in [-0.25, -0.2) is 9.97 Å². The van der Waals surface area contributed by atoms with Gasteiger partial charge in [0.1, 0.15) is 6.04 Å². The molecule has 6 nitrogen and oxygen atoms in total. The molecular weight excluding hydrogens is 350 g/mol. The molecule has 1 amide bonds. The Bertz CT molecular complexity index is 881. The van der Waals surface area contributed by atoms with Crippen molar-refractivity contribution in [3.8, 4) is 0 Å². The van der Waals surface area contributed by atoms with E-state index in [0.29, 0.717) is 0 Å². The van der Waals surface area contributed by atoms with Crippen molar-refractivity contribution in [1.29, 1.82) is 0 Å². The van der Waals surface area contributed by atoms with Gasteiger partial charge in [0.25, 0.3) is 0 Å². The number of carbonyl (C=O) groups excluding carboxylic acids is 1. The highest BCUT2D eigenvalue weighted by atomic mass is 16.2. The van der Waals surface area contributed by atoms with Gasteiger partial charge >= 0.3 is 0 Å². The van der Waals surface area contributed by atoms with Gasteiger partial charge in [-0.2, -0.15) is 0 Å². The zero-order chi connectivity index (χ0) is 19.2. The second-order valence-electron chi connectivity index (χ2n) is 6.74. The topological polar surface area (TPSA) is 61.4 Å². The van der Waals surface area contributed by atoms with E-state index >= 15 is 0 Å². The number of para-hydroxylation sites is 1. The van der Waals surface area contributed by atoms with Crippen LogP contribution in [-0.2, 0) is 4.79 Å². The summed E-state index contributed by atoms with van der Waals surface area (Å²) in [6, 6.07) is 21.0. The summed E-state index contributed by atoms with van der Waals surface area (Å²) in [5.41, 5.74) is 1.81. The van der Waals surface area contributed by atoms with Gasteiger partial charge in [0.2, 0.25) is 11.9 Å². The number of hydrogen-bond donors (Lipinski definition) is 1. The maximum Gasteiger partial charge on any atom is 0.246 e. The number of amides is 1. The van der Waals surface area contributed by atoms with E-state index in [4.69, 9.17) is 0 Å². The van der Waals surface area contributed by atoms with E-state index in [0.717, 1.165) is 43.4 Å². The van der Waals surface area contributed by atoms with E-state index < -0.39 is 0 Å². The van der Waals surface area contributed by atoms with Crippen molar-refractivity contribution in [2.24, 2.45) is 0 Å². The van der Waals surface area contributed by atoms with Gasteiger partial charge in [0, 0.05) is 44.3 Å². The SMILES string of the molecule is O=C(Nc1ccccc1)C(c1ccccc1)N1CCN(c2ncccn2)CC1. The Morgan fingerprint density at radius 3 is 2.07 bits per heavy atom. The van der Waals surface area contributed by atoms with Crippen molar-refractivity contribution >= 4 is 17.5 Å². The van der Waals surface area contributed by atoms with Crippen molar-refractivity contribution < 1.29 is 4.79 Å². The first-order valence-electron chi connectivity index (χ1n) is 9.48. The Kier molecular flexibility index (Phi) is 5.58. The standard InChI is InChI=1S/C22H23N5O/c28-21(25-19-10-5-2-6-11-19)20(18-8-3-1-4-9-18)26-14-16-27(17-15-26)22-23-12-7-13-24-22/h1-13,20H,14-17H2,(H,25,28). The predicted molar refractivity (Wildman–Crippen MR) is 110 cm³/mol. The number of rotatable bonds is 5. The van der Waals surface area contributed by atoms with Crippen LogP contribution in [0, 0.1) is 0 Å². The molecule has 2 heterocycles. The van der Waals surface area contributed by atoms with Crippen molar-refractivity contribution in [3.05, 3.63) is 84.7 Å². The minimum Gasteiger partial charge on any atom is -0.338 e. The Morgan fingerprint density at radius 2 is 1.43 bits per heavy atom. The molecule has 1 aromatic heterocycles. The third kappa shape index (κ3) is 4.18. The Balaban J connectivity index is 1.51. The van der Waals surface area contributed by atoms with Crippen LogP contribution in [0.25, 0.3) is 0 Å². The second kappa shape index (κ2) is 8.63. The lowest BCUT2D eigenvalue weighted by Gasteiger charge is -2.38. The second-order valence-corrected chi connectivity index (χ2v) is 6.74. The molecule has 1 unspecified atom stereocenters. The average molecular weight is 373 g/mol. The number of piperazine rings is 1. The van der Waals surface area contributed by atoms with Gasteiger partial charge in [0.15, 0.2) is 0 Å². The van der Waals surface area contributed by atoms with Crippen LogP contribution in [0.4, 0.5) is 11.6 Å². The highest BCUT2D eigenvalue weighted by molar-refractivity contribution is 5.95. The minimum atomic E-state index is -0.333. The Hall–Kier alpha value is -3.25. The summed E-state index contributed by atoms with van der Waals surface area (Å²) in [5.74, 6) is 0.731. The van der Waals surface area contributed by atoms with Crippen LogP contribution >= 0.6 is 0 Å². The van der Waals surface area contributed by atoms with Crippen LogP contribution < -0.4 is 10.2 Å². The molecule has 0 spiro atoms. The molecule has 0 bridgehead atoms. The molecular formula is C22H23N5O. The summed E-state index contributed by atoms with van der Waals surface area (Å²) in [5, 5.41) is 3.06. The van der Waals surface area contributed by atoms with Gasteiger partial charge in [0.05, 0.1) is 0 Å². The van der Waals surface area contributed by atoms with Gasteiger partial charge in [-0.3, -0.25) is 9.69 Å². The normalized spacial score (nSPS) is 15.8. The Morgan fingerprint density at radius 1 is 0.821 bits per heavy atom. The van der Waals surface area contributed by atoms with Crippen LogP contribution in [0.3, 0.4) is 0 Å². The molecule has 1 aliphatic heterocycles. The molecule has 0 saturated carbocycles. The zero-order valence-electron chi connectivity index (χ0n) is 15.6. The minimum absolute atomic E-state index is 0.0122. The van der Waals surface area contributed by atoms with Gasteiger partial charge < -0.3 is 10.2 Å². The fourth-order valence-corrected chi connectivity index (χ4v) is 3.53. The third-order valence-electron chi connectivity index (χ3n) is 4.92. The van der Waals surface area contributed by atoms with E-state index in [1.807, 2.05) is 66.7 Å². The van der Waals surface area contributed by atoms with Crippen molar-refractivity contribution in [3.63, 3.8) is 0 Å². The lowest BCUT2D eigenvalue weighted by atomic mass is 10.0. The summed E-state index contributed by atoms with van der Waals surface area (Å²) in [6.07, 6.45) is 3.52. The lowest BCUT2D eigenvalue weighted by Crippen LogP contribution is -2.50. The van der Waals surface area contributed by atoms with Gasteiger partial charge in [-0.05, 0) is 23.8 Å². The molecule has 28 heavy (non-hydrogen) atoms. The maximum absolute atomic E-state index is 13.2. The number of aromatic nitrogens is 2. The summed E-state index contributed by atoms with van der Waals surface area (Å²) in [7, 11) is 0. The van der Waals surface area contributed by atoms with Crippen LogP contribution in [0.1, 0.15) is 11.6 Å². The zero-order valence-corrected chi connectivity index (χ0v) is 15.6. The fourth-order valence-electron chi connectivity index (χ4n) is 3.53. The van der Waals surface area contributed by atoms with Crippen LogP contribution in [-0.4, -0.2) is 47.0 Å². The molecule has 1 fully saturated rings. The molecule has 1 aliphatic rings. The summed E-state index contributed by atoms with van der Waals surface area (Å²) in [6.45, 7) is 3.10. The number of benzene rings is 2. The molecule has 1 N–H and O–H groups in total. The van der Waals surface area contributed by atoms with Gasteiger partial charge in [-0.1, -0.05) is 48.5 Å². The molecule has 142 valence electrons. The van der Waals surface area contributed by atoms with E-state index in [2.05, 4.69) is 25.1 Å². The van der Waals surface area contributed by atoms with E-state index in [1.165, 1.54) is 0 Å². The molecule has 0 radical (unpaired) electrons. The van der Waals surface area contributed by atoms with Crippen LogP contribution in [0.5, 0.6) is 0 Å². The molecule has 2 aromatic carbocycles. The van der Waals surface area contributed by atoms with Crippen molar-refractivity contribution in [2.45, 2.75) is 6.04 Å². The first kappa shape index (κ1) is 18.1. The quantitative estimate of drug-likeness (QED) is 0.745. The largest absolute Gasteiger partial charge is 0.338 e. The summed E-state index contributed by atoms with van der Waals surface area (Å²) >= 11 is 0. The number of carbonyl (C=O) groups is 1. The fraction of sp³-hybridized carbons (Fsp3) is 0.227. The van der Waals surface area contributed by atoms with Gasteiger partial charge in [-0.15, -0.1) is 0 Å². The number of hydrogen-bond acceptors (Lipinski definition) is 5. The lowest BCUT2D eigenvalue weighted by molar-refractivity contribution is -0.121. The number of nitrogens with zero attached hydrogens (tertiary/aromatic N) is 4. The maximum atomic E-state index is 13.2. The Labute approximate surface area is 164 Å². The number of anilines is 2. The molecule has 1 saturated heterocycles. The molecule has 3 aromatic rings. The molecule has 1 atom stereocenters. The first-order valence-corrected chi connectivity index (χ1v) is 9.48. The van der Waals surface area contributed by atoms with E-state index in [9.17, 15) is 4.79 Å². The first-order chi connectivity index (χ1) is 13.8. The highest BCUT2D eigenvalue weighted by Crippen LogP contribution is 2.25. The van der Waals surface area contributed by atoms with Crippen molar-refractivity contribution in [1.82, 2.24) is 14.9 Å². The monoisotopic (exact) mass is 373 g/mol. The third-order valence-corrected chi connectivity index (χ3v) is 4.92. The average Bonchev–Trinajstić information content (AvgIpc) is 2.76. The van der Waals surface area contributed by atoms with Crippen LogP contribution in [0.2, 0.25) is 0 Å². The molecule has 6 heteroatoms. The highest BCUT2D eigenvalue weighted by Gasteiger charge is 2.31. The molecule has 4 rings (SSSR count). The summed E-state index contributed by atoms with van der Waals surface area (Å²) in [4.78, 5) is 26.2. The number of nitrogens with one attached hydrogen (secondary N) is 1. The van der Waals surface area contributed by atoms with Crippen molar-refractivity contribution in [2.75, 3.05) is 36.4 Å². The van der Waals surface area contributed by atoms with Crippen LogP contribution in [0.15, 0.2) is 79.1 Å². The summed E-state index contributed by atoms with van der Waals surface area (Å²) < 4.78 is 0. The van der Waals surface area contributed by atoms with E-state index in [1.54, 1.807) is 12.4 Å². The predicted octanol–water partition coefficient (Wildman–Crippen LogP) is 2.98. The smallest absolute Gasteiger partial charge is 0.246 e.